The number of carbonyl (C=O) groups is 1. The Balaban J connectivity index is 2.11. The topological polar surface area (TPSA) is 40.5 Å². The highest BCUT2D eigenvalue weighted by molar-refractivity contribution is 5.66. The summed E-state index contributed by atoms with van der Waals surface area (Å²) in [5.41, 5.74) is 0.588. The summed E-state index contributed by atoms with van der Waals surface area (Å²) in [7, 11) is 0. The summed E-state index contributed by atoms with van der Waals surface area (Å²) in [6.45, 7) is 10.4. The quantitative estimate of drug-likeness (QED) is 0.710. The molecule has 1 atom stereocenters. The second kappa shape index (κ2) is 6.39. The van der Waals surface area contributed by atoms with Crippen molar-refractivity contribution < 1.29 is 9.90 Å². The van der Waals surface area contributed by atoms with Crippen molar-refractivity contribution in [2.24, 2.45) is 11.3 Å². The molecule has 1 unspecified atom stereocenters. The molecular formula is C14H27NO2. The first-order valence-electron chi connectivity index (χ1n) is 6.95. The van der Waals surface area contributed by atoms with Gasteiger partial charge in [0.15, 0.2) is 0 Å². The second-order valence-corrected chi connectivity index (χ2v) is 5.74. The molecule has 0 aromatic carbocycles. The van der Waals surface area contributed by atoms with Gasteiger partial charge in [-0.2, -0.15) is 0 Å². The smallest absolute Gasteiger partial charge is 0.303 e. The van der Waals surface area contributed by atoms with Crippen LogP contribution < -0.4 is 0 Å². The van der Waals surface area contributed by atoms with E-state index in [0.717, 1.165) is 19.4 Å². The summed E-state index contributed by atoms with van der Waals surface area (Å²) in [5.74, 6) is -0.138. The molecule has 0 aromatic heterocycles. The summed E-state index contributed by atoms with van der Waals surface area (Å²) < 4.78 is 0. The van der Waals surface area contributed by atoms with Gasteiger partial charge >= 0.3 is 5.97 Å². The Bertz CT molecular complexity index is 241. The van der Waals surface area contributed by atoms with E-state index in [1.807, 2.05) is 0 Å². The molecule has 1 rings (SSSR count). The van der Waals surface area contributed by atoms with Crippen molar-refractivity contribution in [3.8, 4) is 0 Å². The number of likely N-dealkylation sites (tertiary alicyclic amines) is 1. The van der Waals surface area contributed by atoms with Crippen molar-refractivity contribution in [1.29, 1.82) is 0 Å². The minimum Gasteiger partial charge on any atom is -0.481 e. The van der Waals surface area contributed by atoms with Gasteiger partial charge in [0, 0.05) is 19.5 Å². The van der Waals surface area contributed by atoms with Crippen molar-refractivity contribution in [2.45, 2.75) is 52.9 Å². The Kier molecular flexibility index (Phi) is 5.44. The number of rotatable bonds is 8. The minimum atomic E-state index is -0.670. The Hall–Kier alpha value is -0.570. The molecule has 0 aromatic rings. The number of hydrogen-bond donors (Lipinski definition) is 1. The average molecular weight is 241 g/mol. The number of carboxylic acid groups (broad SMARTS) is 1. The lowest BCUT2D eigenvalue weighted by Gasteiger charge is -2.50. The molecule has 0 saturated carbocycles. The lowest BCUT2D eigenvalue weighted by molar-refractivity contribution is -0.137. The fourth-order valence-corrected chi connectivity index (χ4v) is 2.67. The summed E-state index contributed by atoms with van der Waals surface area (Å²) in [6, 6.07) is 0. The van der Waals surface area contributed by atoms with Crippen LogP contribution >= 0.6 is 0 Å². The first kappa shape index (κ1) is 14.5. The van der Waals surface area contributed by atoms with Crippen molar-refractivity contribution >= 4 is 5.97 Å². The van der Waals surface area contributed by atoms with Gasteiger partial charge in [-0.3, -0.25) is 4.79 Å². The van der Waals surface area contributed by atoms with Crippen molar-refractivity contribution in [3.05, 3.63) is 0 Å². The van der Waals surface area contributed by atoms with Gasteiger partial charge in [0.1, 0.15) is 0 Å². The van der Waals surface area contributed by atoms with E-state index in [1.54, 1.807) is 0 Å². The Labute approximate surface area is 105 Å². The second-order valence-electron chi connectivity index (χ2n) is 5.74. The van der Waals surface area contributed by atoms with E-state index in [-0.39, 0.29) is 0 Å². The van der Waals surface area contributed by atoms with Crippen LogP contribution in [0.25, 0.3) is 0 Å². The molecule has 0 amide bonds. The highest BCUT2D eigenvalue weighted by atomic mass is 16.4. The first-order valence-corrected chi connectivity index (χ1v) is 6.95. The summed E-state index contributed by atoms with van der Waals surface area (Å²) in [5, 5.41) is 8.62. The fraction of sp³-hybridized carbons (Fsp3) is 0.929. The van der Waals surface area contributed by atoms with Gasteiger partial charge in [0.2, 0.25) is 0 Å². The normalized spacial score (nSPS) is 20.9. The van der Waals surface area contributed by atoms with Gasteiger partial charge in [-0.15, -0.1) is 0 Å². The molecular weight excluding hydrogens is 214 g/mol. The predicted octanol–water partition coefficient (Wildman–Crippen LogP) is 3.00. The van der Waals surface area contributed by atoms with Gasteiger partial charge < -0.3 is 10.0 Å². The number of carboxylic acids is 1. The molecule has 100 valence electrons. The van der Waals surface area contributed by atoms with E-state index in [0.29, 0.717) is 17.8 Å². The zero-order valence-electron chi connectivity index (χ0n) is 11.5. The molecule has 1 heterocycles. The Morgan fingerprint density at radius 3 is 2.35 bits per heavy atom. The highest BCUT2D eigenvalue weighted by Crippen LogP contribution is 2.37. The van der Waals surface area contributed by atoms with E-state index < -0.39 is 5.97 Å². The molecule has 0 radical (unpaired) electrons. The van der Waals surface area contributed by atoms with Crippen LogP contribution in [0.15, 0.2) is 0 Å². The summed E-state index contributed by atoms with van der Waals surface area (Å²) in [6.07, 6.45) is 4.84. The summed E-state index contributed by atoms with van der Waals surface area (Å²) in [4.78, 5) is 13.0. The lowest BCUT2D eigenvalue weighted by atomic mass is 9.75. The van der Waals surface area contributed by atoms with Crippen LogP contribution in [0.4, 0.5) is 0 Å². The van der Waals surface area contributed by atoms with Crippen molar-refractivity contribution in [1.82, 2.24) is 4.90 Å². The van der Waals surface area contributed by atoms with Crippen molar-refractivity contribution in [2.75, 3.05) is 19.6 Å². The number of nitrogens with zero attached hydrogens (tertiary/aromatic N) is 1. The molecule has 1 N–H and O–H groups in total. The molecule has 1 aliphatic rings. The fourth-order valence-electron chi connectivity index (χ4n) is 2.67. The average Bonchev–Trinajstić information content (AvgIpc) is 2.25. The molecule has 17 heavy (non-hydrogen) atoms. The molecule has 3 heteroatoms. The maximum Gasteiger partial charge on any atom is 0.303 e. The van der Waals surface area contributed by atoms with Crippen LogP contribution in [0.3, 0.4) is 0 Å². The van der Waals surface area contributed by atoms with Gasteiger partial charge in [-0.05, 0) is 43.6 Å². The number of aliphatic carboxylic acids is 1. The monoisotopic (exact) mass is 241 g/mol. The third kappa shape index (κ3) is 4.30. The standard InChI is InChI=1S/C14H27NO2/c1-4-14(5-2)10-15(11-14)9-8-12(3)6-7-13(16)17/h12H,4-11H2,1-3H3,(H,16,17). The third-order valence-electron chi connectivity index (χ3n) is 4.41. The maximum absolute atomic E-state index is 10.5. The van der Waals surface area contributed by atoms with Crippen LogP contribution in [0, 0.1) is 11.3 Å². The molecule has 1 saturated heterocycles. The number of hydrogen-bond acceptors (Lipinski definition) is 2. The van der Waals surface area contributed by atoms with Crippen LogP contribution in [0.1, 0.15) is 52.9 Å². The minimum absolute atomic E-state index is 0.315. The Morgan fingerprint density at radius 1 is 1.29 bits per heavy atom. The predicted molar refractivity (Wildman–Crippen MR) is 70.1 cm³/mol. The third-order valence-corrected chi connectivity index (χ3v) is 4.41. The molecule has 0 bridgehead atoms. The summed E-state index contributed by atoms with van der Waals surface area (Å²) >= 11 is 0. The van der Waals surface area contributed by atoms with Gasteiger partial charge in [0.05, 0.1) is 0 Å². The maximum atomic E-state index is 10.5. The SMILES string of the molecule is CCC1(CC)CN(CCC(C)CCC(=O)O)C1. The van der Waals surface area contributed by atoms with E-state index in [2.05, 4.69) is 25.7 Å². The molecule has 3 nitrogen and oxygen atoms in total. The van der Waals surface area contributed by atoms with Crippen LogP contribution in [-0.4, -0.2) is 35.6 Å². The molecule has 0 spiro atoms. The molecule has 1 fully saturated rings. The van der Waals surface area contributed by atoms with Crippen molar-refractivity contribution in [3.63, 3.8) is 0 Å². The van der Waals surface area contributed by atoms with E-state index in [1.165, 1.54) is 25.9 Å². The molecule has 1 aliphatic heterocycles. The first-order chi connectivity index (χ1) is 8.01. The zero-order chi connectivity index (χ0) is 12.9. The van der Waals surface area contributed by atoms with Crippen LogP contribution in [0.5, 0.6) is 0 Å². The Morgan fingerprint density at radius 2 is 1.88 bits per heavy atom. The largest absolute Gasteiger partial charge is 0.481 e. The van der Waals surface area contributed by atoms with Gasteiger partial charge in [-0.1, -0.05) is 20.8 Å². The van der Waals surface area contributed by atoms with Gasteiger partial charge in [0.25, 0.3) is 0 Å². The zero-order valence-corrected chi connectivity index (χ0v) is 11.5. The highest BCUT2D eigenvalue weighted by Gasteiger charge is 2.39. The van der Waals surface area contributed by atoms with E-state index in [4.69, 9.17) is 5.11 Å². The van der Waals surface area contributed by atoms with E-state index >= 15 is 0 Å². The van der Waals surface area contributed by atoms with Gasteiger partial charge in [-0.25, -0.2) is 0 Å². The molecule has 0 aliphatic carbocycles. The van der Waals surface area contributed by atoms with E-state index in [9.17, 15) is 4.79 Å². The lowest BCUT2D eigenvalue weighted by Crippen LogP contribution is -2.55. The van der Waals surface area contributed by atoms with Crippen LogP contribution in [-0.2, 0) is 4.79 Å². The van der Waals surface area contributed by atoms with Crippen LogP contribution in [0.2, 0.25) is 0 Å².